The Kier molecular flexibility index (Phi) is 7.74. The van der Waals surface area contributed by atoms with Gasteiger partial charge in [-0.05, 0) is 27.2 Å². The van der Waals surface area contributed by atoms with Crippen LogP contribution in [-0.4, -0.2) is 41.5 Å². The second-order valence-electron chi connectivity index (χ2n) is 4.50. The molecule has 0 radical (unpaired) electrons. The summed E-state index contributed by atoms with van der Waals surface area (Å²) in [6.07, 6.45) is 0.765. The molecule has 0 saturated carbocycles. The molecular weight excluding hydrogens is 278 g/mol. The predicted octanol–water partition coefficient (Wildman–Crippen LogP) is 0.148. The van der Waals surface area contributed by atoms with Gasteiger partial charge in [-0.15, -0.1) is 0 Å². The summed E-state index contributed by atoms with van der Waals surface area (Å²) >= 11 is 0. The number of rotatable bonds is 6. The maximum atomic E-state index is 11.6. The highest BCUT2D eigenvalue weighted by atomic mass is 16.4. The van der Waals surface area contributed by atoms with E-state index in [1.807, 2.05) is 12.2 Å². The normalized spacial score (nSPS) is 12.8. The number of aliphatic carboxylic acids is 1. The van der Waals surface area contributed by atoms with Crippen molar-refractivity contribution in [3.05, 3.63) is 11.1 Å². The number of amides is 4. The Hall–Kier alpha value is -2.38. The smallest absolute Gasteiger partial charge is 0.331 e. The number of hydrogen-bond donors (Lipinski definition) is 4. The van der Waals surface area contributed by atoms with E-state index in [9.17, 15) is 19.2 Å². The van der Waals surface area contributed by atoms with Crippen molar-refractivity contribution < 1.29 is 24.3 Å². The second-order valence-corrected chi connectivity index (χ2v) is 4.50. The van der Waals surface area contributed by atoms with Crippen LogP contribution in [0, 0.1) is 0 Å². The highest BCUT2D eigenvalue weighted by molar-refractivity contribution is 6.07. The lowest BCUT2D eigenvalue weighted by atomic mass is 10.1. The zero-order valence-electron chi connectivity index (χ0n) is 12.6. The van der Waals surface area contributed by atoms with Crippen LogP contribution in [0.4, 0.5) is 4.79 Å². The molecule has 8 heteroatoms. The molecule has 8 nitrogen and oxygen atoms in total. The van der Waals surface area contributed by atoms with E-state index in [-0.39, 0.29) is 17.1 Å². The van der Waals surface area contributed by atoms with E-state index in [2.05, 4.69) is 10.6 Å². The highest BCUT2D eigenvalue weighted by Crippen LogP contribution is 2.03. The van der Waals surface area contributed by atoms with Crippen molar-refractivity contribution in [3.8, 4) is 0 Å². The second kappa shape index (κ2) is 8.72. The topological polar surface area (TPSA) is 125 Å². The summed E-state index contributed by atoms with van der Waals surface area (Å²) in [4.78, 5) is 45.4. The first kappa shape index (κ1) is 18.6. The van der Waals surface area contributed by atoms with Crippen LogP contribution in [0.25, 0.3) is 0 Å². The average Bonchev–Trinajstić information content (AvgIpc) is 2.42. The molecule has 0 aromatic carbocycles. The lowest BCUT2D eigenvalue weighted by Gasteiger charge is -2.14. The van der Waals surface area contributed by atoms with Crippen LogP contribution in [0.2, 0.25) is 0 Å². The fraction of sp³-hybridized carbons (Fsp3) is 0.538. The number of imide groups is 1. The van der Waals surface area contributed by atoms with Crippen molar-refractivity contribution in [2.45, 2.75) is 40.2 Å². The van der Waals surface area contributed by atoms with Crippen LogP contribution < -0.4 is 16.0 Å². The van der Waals surface area contributed by atoms with Crippen molar-refractivity contribution in [2.75, 3.05) is 6.54 Å². The van der Waals surface area contributed by atoms with E-state index in [1.165, 1.54) is 20.8 Å². The third-order valence-corrected chi connectivity index (χ3v) is 2.74. The Bertz CT molecular complexity index is 470. The number of carbonyl (C=O) groups excluding carboxylic acids is 3. The minimum atomic E-state index is -1.24. The van der Waals surface area contributed by atoms with Crippen LogP contribution in [-0.2, 0) is 14.4 Å². The molecule has 118 valence electrons. The lowest BCUT2D eigenvalue weighted by molar-refractivity contribution is -0.133. The van der Waals surface area contributed by atoms with E-state index in [1.54, 1.807) is 0 Å². The van der Waals surface area contributed by atoms with E-state index in [0.717, 1.165) is 6.42 Å². The van der Waals surface area contributed by atoms with E-state index in [4.69, 9.17) is 5.11 Å². The molecule has 0 bridgehead atoms. The van der Waals surface area contributed by atoms with Gasteiger partial charge in [0.05, 0.1) is 0 Å². The van der Waals surface area contributed by atoms with Gasteiger partial charge < -0.3 is 15.7 Å². The molecule has 0 rings (SSSR count). The average molecular weight is 299 g/mol. The van der Waals surface area contributed by atoms with Crippen molar-refractivity contribution in [3.63, 3.8) is 0 Å². The van der Waals surface area contributed by atoms with Crippen LogP contribution >= 0.6 is 0 Å². The van der Waals surface area contributed by atoms with Crippen molar-refractivity contribution in [2.24, 2.45) is 0 Å². The van der Waals surface area contributed by atoms with Gasteiger partial charge in [0, 0.05) is 17.7 Å². The number of carboxylic acids is 1. The highest BCUT2D eigenvalue weighted by Gasteiger charge is 2.18. The molecule has 0 heterocycles. The van der Waals surface area contributed by atoms with E-state index >= 15 is 0 Å². The molecular formula is C13H21N3O5. The first-order valence-electron chi connectivity index (χ1n) is 6.51. The number of hydrogen-bond acceptors (Lipinski definition) is 4. The monoisotopic (exact) mass is 299 g/mol. The van der Waals surface area contributed by atoms with Gasteiger partial charge in [-0.25, -0.2) is 9.59 Å². The maximum Gasteiger partial charge on any atom is 0.331 e. The summed E-state index contributed by atoms with van der Waals surface area (Å²) < 4.78 is 0. The van der Waals surface area contributed by atoms with Crippen molar-refractivity contribution in [1.82, 2.24) is 16.0 Å². The summed E-state index contributed by atoms with van der Waals surface area (Å²) in [7, 11) is 0. The van der Waals surface area contributed by atoms with Crippen LogP contribution in [0.5, 0.6) is 0 Å². The molecule has 4 amide bonds. The molecule has 0 saturated heterocycles. The molecule has 1 unspecified atom stereocenters. The molecule has 0 fully saturated rings. The third-order valence-electron chi connectivity index (χ3n) is 2.74. The summed E-state index contributed by atoms with van der Waals surface area (Å²) in [6.45, 7) is 6.41. The summed E-state index contributed by atoms with van der Waals surface area (Å²) in [5, 5.41) is 15.6. The molecule has 0 aromatic rings. The largest absolute Gasteiger partial charge is 0.478 e. The van der Waals surface area contributed by atoms with E-state index in [0.29, 0.717) is 6.54 Å². The molecule has 21 heavy (non-hydrogen) atoms. The standard InChI is InChI=1S/C13H21N3O5/c1-5-6-14-11(18)9(4)15-13(21)16-10(17)7(2)8(3)12(19)20/h9H,5-6H2,1-4H3,(H,14,18)(H,19,20)(H2,15,16,17,21). The molecule has 4 N–H and O–H groups in total. The first-order valence-corrected chi connectivity index (χ1v) is 6.51. The quantitative estimate of drug-likeness (QED) is 0.519. The summed E-state index contributed by atoms with van der Waals surface area (Å²) in [5.41, 5.74) is -0.241. The van der Waals surface area contributed by atoms with Gasteiger partial charge in [0.1, 0.15) is 6.04 Å². The molecule has 0 aliphatic carbocycles. The maximum absolute atomic E-state index is 11.6. The Labute approximate surface area is 123 Å². The zero-order valence-corrected chi connectivity index (χ0v) is 12.6. The number of carboxylic acid groups (broad SMARTS) is 1. The van der Waals surface area contributed by atoms with Crippen molar-refractivity contribution in [1.29, 1.82) is 0 Å². The Balaban J connectivity index is 4.51. The Morgan fingerprint density at radius 3 is 2.14 bits per heavy atom. The van der Waals surface area contributed by atoms with Crippen molar-refractivity contribution >= 4 is 23.8 Å². The summed E-state index contributed by atoms with van der Waals surface area (Å²) in [6, 6.07) is -1.68. The molecule has 1 atom stereocenters. The zero-order chi connectivity index (χ0) is 16.6. The SMILES string of the molecule is CCCNC(=O)C(C)NC(=O)NC(=O)C(C)=C(C)C(=O)O. The predicted molar refractivity (Wildman–Crippen MR) is 75.4 cm³/mol. The number of urea groups is 1. The number of nitrogens with one attached hydrogen (secondary N) is 3. The first-order chi connectivity index (χ1) is 9.70. The van der Waals surface area contributed by atoms with Gasteiger partial charge in [0.25, 0.3) is 5.91 Å². The lowest BCUT2D eigenvalue weighted by Crippen LogP contribution is -2.50. The fourth-order valence-corrected chi connectivity index (χ4v) is 1.23. The third kappa shape index (κ3) is 6.55. The van der Waals surface area contributed by atoms with Crippen LogP contribution in [0.1, 0.15) is 34.1 Å². The Morgan fingerprint density at radius 2 is 1.67 bits per heavy atom. The van der Waals surface area contributed by atoms with Gasteiger partial charge in [-0.3, -0.25) is 14.9 Å². The summed E-state index contributed by atoms with van der Waals surface area (Å²) in [5.74, 6) is -2.43. The van der Waals surface area contributed by atoms with Crippen LogP contribution in [0.3, 0.4) is 0 Å². The van der Waals surface area contributed by atoms with Gasteiger partial charge in [-0.1, -0.05) is 6.92 Å². The van der Waals surface area contributed by atoms with Gasteiger partial charge in [-0.2, -0.15) is 0 Å². The fourth-order valence-electron chi connectivity index (χ4n) is 1.23. The Morgan fingerprint density at radius 1 is 1.10 bits per heavy atom. The minimum absolute atomic E-state index is 0.0827. The number of carbonyl (C=O) groups is 4. The van der Waals surface area contributed by atoms with E-state index < -0.39 is 23.9 Å². The molecule has 0 aliphatic rings. The van der Waals surface area contributed by atoms with Gasteiger partial charge >= 0.3 is 12.0 Å². The molecule has 0 aliphatic heterocycles. The van der Waals surface area contributed by atoms with Crippen LogP contribution in [0.15, 0.2) is 11.1 Å². The van der Waals surface area contributed by atoms with Gasteiger partial charge in [0.2, 0.25) is 5.91 Å². The molecule has 0 spiro atoms. The molecule has 0 aromatic heterocycles. The van der Waals surface area contributed by atoms with Gasteiger partial charge in [0.15, 0.2) is 0 Å². The minimum Gasteiger partial charge on any atom is -0.478 e.